The van der Waals surface area contributed by atoms with Crippen LogP contribution in [-0.2, 0) is 19.7 Å². The molecule has 2 aliphatic rings. The molecular formula is C8H15NO4S2. The second kappa shape index (κ2) is 3.71. The fraction of sp³-hybridized carbons (Fsp3) is 1.00. The second-order valence-corrected chi connectivity index (χ2v) is 8.82. The summed E-state index contributed by atoms with van der Waals surface area (Å²) in [6.07, 6.45) is 1.22. The van der Waals surface area contributed by atoms with E-state index in [1.54, 1.807) is 0 Å². The van der Waals surface area contributed by atoms with Crippen LogP contribution in [0.3, 0.4) is 0 Å². The van der Waals surface area contributed by atoms with E-state index in [9.17, 15) is 16.8 Å². The summed E-state index contributed by atoms with van der Waals surface area (Å²) in [7, 11) is -5.76. The van der Waals surface area contributed by atoms with Gasteiger partial charge in [-0.3, -0.25) is 0 Å². The Morgan fingerprint density at radius 3 is 1.47 bits per heavy atom. The quantitative estimate of drug-likeness (QED) is 0.679. The fourth-order valence-electron chi connectivity index (χ4n) is 2.19. The summed E-state index contributed by atoms with van der Waals surface area (Å²) in [4.78, 5) is 0. The summed E-state index contributed by atoms with van der Waals surface area (Å²) in [5, 5.41) is 3.13. The first-order valence-corrected chi connectivity index (χ1v) is 8.67. The molecule has 88 valence electrons. The molecule has 0 bridgehead atoms. The van der Waals surface area contributed by atoms with Gasteiger partial charge in [-0.1, -0.05) is 0 Å². The van der Waals surface area contributed by atoms with Gasteiger partial charge in [0.1, 0.15) is 0 Å². The van der Waals surface area contributed by atoms with Crippen molar-refractivity contribution in [2.45, 2.75) is 24.9 Å². The third kappa shape index (κ3) is 2.92. The fourth-order valence-corrected chi connectivity index (χ4v) is 5.56. The van der Waals surface area contributed by atoms with Crippen LogP contribution in [0.15, 0.2) is 0 Å². The SMILES string of the molecule is O=S1(=O)CCC(NC2CCS(=O)(=O)C2)C1. The normalized spacial score (nSPS) is 38.1. The zero-order chi connectivity index (χ0) is 11.1. The van der Waals surface area contributed by atoms with E-state index in [0.29, 0.717) is 12.8 Å². The monoisotopic (exact) mass is 253 g/mol. The molecular weight excluding hydrogens is 238 g/mol. The maximum Gasteiger partial charge on any atom is 0.151 e. The summed E-state index contributed by atoms with van der Waals surface area (Å²) in [5.74, 6) is 0.765. The van der Waals surface area contributed by atoms with Crippen LogP contribution in [0.2, 0.25) is 0 Å². The predicted molar refractivity (Wildman–Crippen MR) is 57.3 cm³/mol. The molecule has 0 aliphatic carbocycles. The van der Waals surface area contributed by atoms with Crippen molar-refractivity contribution in [1.29, 1.82) is 0 Å². The van der Waals surface area contributed by atoms with Crippen molar-refractivity contribution >= 4 is 19.7 Å². The van der Waals surface area contributed by atoms with E-state index >= 15 is 0 Å². The third-order valence-electron chi connectivity index (χ3n) is 2.94. The minimum absolute atomic E-state index is 0.0479. The summed E-state index contributed by atoms with van der Waals surface area (Å²) in [6, 6.07) is -0.0957. The summed E-state index contributed by atoms with van der Waals surface area (Å²) in [5.41, 5.74) is 0. The molecule has 2 aliphatic heterocycles. The van der Waals surface area contributed by atoms with Crippen molar-refractivity contribution < 1.29 is 16.8 Å². The van der Waals surface area contributed by atoms with E-state index in [4.69, 9.17) is 0 Å². The van der Waals surface area contributed by atoms with Gasteiger partial charge in [0, 0.05) is 12.1 Å². The van der Waals surface area contributed by atoms with Crippen LogP contribution in [0.1, 0.15) is 12.8 Å². The van der Waals surface area contributed by atoms with Crippen LogP contribution in [0.25, 0.3) is 0 Å². The van der Waals surface area contributed by atoms with Crippen molar-refractivity contribution in [3.8, 4) is 0 Å². The molecule has 1 N–H and O–H groups in total. The molecule has 2 heterocycles. The standard InChI is InChI=1S/C8H15NO4S2/c10-14(11)3-1-7(5-14)9-8-2-4-15(12,13)6-8/h7-9H,1-6H2. The number of hydrogen-bond acceptors (Lipinski definition) is 5. The molecule has 15 heavy (non-hydrogen) atoms. The van der Waals surface area contributed by atoms with Crippen molar-refractivity contribution in [3.05, 3.63) is 0 Å². The maximum absolute atomic E-state index is 11.2. The minimum atomic E-state index is -2.88. The largest absolute Gasteiger partial charge is 0.309 e. The zero-order valence-electron chi connectivity index (χ0n) is 8.35. The molecule has 2 unspecified atom stereocenters. The van der Waals surface area contributed by atoms with E-state index in [1.807, 2.05) is 0 Å². The van der Waals surface area contributed by atoms with Crippen molar-refractivity contribution in [2.75, 3.05) is 23.0 Å². The van der Waals surface area contributed by atoms with Crippen LogP contribution in [0.5, 0.6) is 0 Å². The van der Waals surface area contributed by atoms with Gasteiger partial charge in [0.05, 0.1) is 23.0 Å². The molecule has 2 fully saturated rings. The van der Waals surface area contributed by atoms with Crippen molar-refractivity contribution in [1.82, 2.24) is 5.32 Å². The highest BCUT2D eigenvalue weighted by Crippen LogP contribution is 2.16. The molecule has 0 aromatic rings. The number of hydrogen-bond donors (Lipinski definition) is 1. The summed E-state index contributed by atoms with van der Waals surface area (Å²) >= 11 is 0. The van der Waals surface area contributed by atoms with Crippen LogP contribution >= 0.6 is 0 Å². The van der Waals surface area contributed by atoms with Gasteiger partial charge in [0.25, 0.3) is 0 Å². The van der Waals surface area contributed by atoms with Crippen molar-refractivity contribution in [3.63, 3.8) is 0 Å². The molecule has 0 saturated carbocycles. The summed E-state index contributed by atoms with van der Waals surface area (Å²) in [6.45, 7) is 0. The average Bonchev–Trinajstić information content (AvgIpc) is 2.56. The van der Waals surface area contributed by atoms with Gasteiger partial charge >= 0.3 is 0 Å². The lowest BCUT2D eigenvalue weighted by atomic mass is 10.2. The zero-order valence-corrected chi connectivity index (χ0v) is 9.98. The highest BCUT2D eigenvalue weighted by molar-refractivity contribution is 7.92. The van der Waals surface area contributed by atoms with Gasteiger partial charge in [-0.25, -0.2) is 16.8 Å². The van der Waals surface area contributed by atoms with E-state index in [-0.39, 0.29) is 35.1 Å². The number of sulfone groups is 2. The number of nitrogens with one attached hydrogen (secondary N) is 1. The lowest BCUT2D eigenvalue weighted by Gasteiger charge is -2.15. The Labute approximate surface area is 90.1 Å². The van der Waals surface area contributed by atoms with Crippen molar-refractivity contribution in [2.24, 2.45) is 0 Å². The molecule has 0 amide bonds. The Balaban J connectivity index is 1.90. The van der Waals surface area contributed by atoms with Gasteiger partial charge in [0.2, 0.25) is 0 Å². The van der Waals surface area contributed by atoms with Gasteiger partial charge in [-0.05, 0) is 12.8 Å². The van der Waals surface area contributed by atoms with E-state index in [0.717, 1.165) is 0 Å². The van der Waals surface area contributed by atoms with Crippen LogP contribution in [0.4, 0.5) is 0 Å². The Bertz CT molecular complexity index is 397. The molecule has 2 atom stereocenters. The van der Waals surface area contributed by atoms with E-state index < -0.39 is 19.7 Å². The topological polar surface area (TPSA) is 80.3 Å². The van der Waals surface area contributed by atoms with Gasteiger partial charge in [-0.2, -0.15) is 0 Å². The Morgan fingerprint density at radius 1 is 0.800 bits per heavy atom. The molecule has 0 radical (unpaired) electrons. The lowest BCUT2D eigenvalue weighted by molar-refractivity contribution is 0.476. The van der Waals surface area contributed by atoms with Crippen LogP contribution in [0, 0.1) is 0 Å². The van der Waals surface area contributed by atoms with Gasteiger partial charge in [-0.15, -0.1) is 0 Å². The highest BCUT2D eigenvalue weighted by atomic mass is 32.2. The predicted octanol–water partition coefficient (Wildman–Crippen LogP) is -1.05. The second-order valence-electron chi connectivity index (χ2n) is 4.37. The minimum Gasteiger partial charge on any atom is -0.309 e. The first-order valence-electron chi connectivity index (χ1n) is 5.03. The van der Waals surface area contributed by atoms with Crippen LogP contribution in [-0.4, -0.2) is 51.9 Å². The number of rotatable bonds is 2. The Hall–Kier alpha value is -0.140. The van der Waals surface area contributed by atoms with E-state index in [2.05, 4.69) is 5.32 Å². The van der Waals surface area contributed by atoms with Gasteiger partial charge in [0.15, 0.2) is 19.7 Å². The highest BCUT2D eigenvalue weighted by Gasteiger charge is 2.33. The molecule has 7 heteroatoms. The molecule has 5 nitrogen and oxygen atoms in total. The molecule has 0 spiro atoms. The molecule has 2 saturated heterocycles. The maximum atomic E-state index is 11.2. The van der Waals surface area contributed by atoms with Gasteiger partial charge < -0.3 is 5.32 Å². The molecule has 0 aromatic carbocycles. The molecule has 2 rings (SSSR count). The van der Waals surface area contributed by atoms with E-state index in [1.165, 1.54) is 0 Å². The average molecular weight is 253 g/mol. The Morgan fingerprint density at radius 2 is 1.20 bits per heavy atom. The third-order valence-corrected chi connectivity index (χ3v) is 6.47. The lowest BCUT2D eigenvalue weighted by Crippen LogP contribution is -2.39. The first kappa shape index (κ1) is 11.3. The smallest absolute Gasteiger partial charge is 0.151 e. The summed E-state index contributed by atoms with van der Waals surface area (Å²) < 4.78 is 44.7. The molecule has 0 aromatic heterocycles. The first-order chi connectivity index (χ1) is 6.86. The van der Waals surface area contributed by atoms with Crippen LogP contribution < -0.4 is 5.32 Å². The Kier molecular flexibility index (Phi) is 2.81.